The maximum absolute atomic E-state index is 10.2. The average Bonchev–Trinajstić information content (AvgIpc) is 3.17. The summed E-state index contributed by atoms with van der Waals surface area (Å²) in [6, 6.07) is 5.66. The fourth-order valence-electron chi connectivity index (χ4n) is 3.82. The van der Waals surface area contributed by atoms with Crippen molar-refractivity contribution >= 4 is 22.9 Å². The molecule has 168 valence electrons. The summed E-state index contributed by atoms with van der Waals surface area (Å²) in [5.41, 5.74) is 3.30. The molecule has 2 heterocycles. The predicted molar refractivity (Wildman–Crippen MR) is 124 cm³/mol. The highest BCUT2D eigenvalue weighted by atomic mass is 16.3. The van der Waals surface area contributed by atoms with E-state index in [4.69, 9.17) is 4.98 Å². The zero-order valence-electron chi connectivity index (χ0n) is 19.1. The minimum atomic E-state index is -0.533. The molecule has 2 aromatic heterocycles. The summed E-state index contributed by atoms with van der Waals surface area (Å²) in [5.74, 6) is 1.28. The van der Waals surface area contributed by atoms with Gasteiger partial charge in [0.25, 0.3) is 0 Å². The molecule has 0 bridgehead atoms. The van der Waals surface area contributed by atoms with Crippen LogP contribution in [0, 0.1) is 6.92 Å². The zero-order chi connectivity index (χ0) is 22.5. The fraction of sp³-hybridized carbons (Fsp3) is 0.522. The first kappa shape index (κ1) is 22.8. The summed E-state index contributed by atoms with van der Waals surface area (Å²) in [7, 11) is 0. The van der Waals surface area contributed by atoms with Crippen LogP contribution in [0.3, 0.4) is 0 Å². The van der Waals surface area contributed by atoms with Gasteiger partial charge in [-0.25, -0.2) is 4.98 Å². The lowest BCUT2D eigenvalue weighted by molar-refractivity contribution is 0.169. The van der Waals surface area contributed by atoms with Crippen molar-refractivity contribution in [1.29, 1.82) is 0 Å². The zero-order valence-corrected chi connectivity index (χ0v) is 19.1. The molecule has 0 aliphatic carbocycles. The molecular weight excluding hydrogens is 392 g/mol. The SMILES string of the molecule is CCC(Nc1nc(NCc2cc(C)ccc2O)c2ncn(C(CC)CC)c2n1)C(C)O. The van der Waals surface area contributed by atoms with E-state index >= 15 is 0 Å². The first-order valence-electron chi connectivity index (χ1n) is 11.1. The molecule has 3 aromatic rings. The van der Waals surface area contributed by atoms with E-state index in [0.717, 1.165) is 36.0 Å². The number of imidazole rings is 1. The van der Waals surface area contributed by atoms with Crippen LogP contribution in [0.15, 0.2) is 24.5 Å². The molecule has 0 radical (unpaired) electrons. The summed E-state index contributed by atoms with van der Waals surface area (Å²) in [4.78, 5) is 14.0. The number of fused-ring (bicyclic) bond motifs is 1. The van der Waals surface area contributed by atoms with E-state index in [2.05, 4.69) is 39.0 Å². The minimum absolute atomic E-state index is 0.157. The molecule has 8 nitrogen and oxygen atoms in total. The Morgan fingerprint density at radius 1 is 1.10 bits per heavy atom. The average molecular weight is 427 g/mol. The van der Waals surface area contributed by atoms with Crippen LogP contribution >= 0.6 is 0 Å². The second-order valence-corrected chi connectivity index (χ2v) is 8.08. The molecule has 0 aliphatic rings. The van der Waals surface area contributed by atoms with Crippen molar-refractivity contribution in [1.82, 2.24) is 19.5 Å². The van der Waals surface area contributed by atoms with Gasteiger partial charge in [-0.1, -0.05) is 38.5 Å². The van der Waals surface area contributed by atoms with Gasteiger partial charge in [0, 0.05) is 18.2 Å². The number of phenols is 1. The Labute approximate surface area is 183 Å². The number of aromatic hydroxyl groups is 1. The number of aliphatic hydroxyl groups is 1. The van der Waals surface area contributed by atoms with Gasteiger partial charge in [0.2, 0.25) is 5.95 Å². The van der Waals surface area contributed by atoms with Gasteiger partial charge >= 0.3 is 0 Å². The Morgan fingerprint density at radius 3 is 2.48 bits per heavy atom. The molecule has 8 heteroatoms. The van der Waals surface area contributed by atoms with E-state index in [0.29, 0.717) is 29.9 Å². The number of hydrogen-bond donors (Lipinski definition) is 4. The van der Waals surface area contributed by atoms with Gasteiger partial charge in [-0.15, -0.1) is 0 Å². The molecule has 0 fully saturated rings. The molecule has 0 saturated carbocycles. The number of hydrogen-bond acceptors (Lipinski definition) is 7. The van der Waals surface area contributed by atoms with Crippen molar-refractivity contribution in [2.45, 2.75) is 78.6 Å². The second-order valence-electron chi connectivity index (χ2n) is 8.08. The van der Waals surface area contributed by atoms with E-state index in [-0.39, 0.29) is 11.8 Å². The topological polar surface area (TPSA) is 108 Å². The highest BCUT2D eigenvalue weighted by molar-refractivity contribution is 5.84. The fourth-order valence-corrected chi connectivity index (χ4v) is 3.82. The first-order valence-corrected chi connectivity index (χ1v) is 11.1. The van der Waals surface area contributed by atoms with Crippen LogP contribution in [0.5, 0.6) is 5.75 Å². The van der Waals surface area contributed by atoms with Gasteiger partial charge in [0.1, 0.15) is 5.75 Å². The number of rotatable bonds is 10. The number of aliphatic hydroxyl groups excluding tert-OH is 1. The maximum atomic E-state index is 10.2. The predicted octanol–water partition coefficient (Wildman–Crippen LogP) is 4.38. The summed E-state index contributed by atoms with van der Waals surface area (Å²) >= 11 is 0. The third-order valence-electron chi connectivity index (χ3n) is 5.78. The Morgan fingerprint density at radius 2 is 1.84 bits per heavy atom. The highest BCUT2D eigenvalue weighted by Gasteiger charge is 2.20. The minimum Gasteiger partial charge on any atom is -0.508 e. The van der Waals surface area contributed by atoms with E-state index < -0.39 is 6.10 Å². The normalized spacial score (nSPS) is 13.5. The third kappa shape index (κ3) is 5.07. The number of aromatic nitrogens is 4. The molecular formula is C23H34N6O2. The molecule has 1 aromatic carbocycles. The number of phenolic OH excluding ortho intramolecular Hbond substituents is 1. The molecule has 3 rings (SSSR count). The van der Waals surface area contributed by atoms with E-state index in [9.17, 15) is 10.2 Å². The Kier molecular flexibility index (Phi) is 7.33. The van der Waals surface area contributed by atoms with Crippen molar-refractivity contribution in [2.24, 2.45) is 0 Å². The van der Waals surface area contributed by atoms with Crippen LogP contribution in [0.1, 0.15) is 64.1 Å². The molecule has 0 amide bonds. The Balaban J connectivity index is 2.02. The molecule has 0 spiro atoms. The van der Waals surface area contributed by atoms with Crippen LogP contribution in [0.4, 0.5) is 11.8 Å². The summed E-state index contributed by atoms with van der Waals surface area (Å²) in [5, 5.41) is 26.9. The van der Waals surface area contributed by atoms with Crippen molar-refractivity contribution < 1.29 is 10.2 Å². The maximum Gasteiger partial charge on any atom is 0.227 e. The van der Waals surface area contributed by atoms with Gasteiger partial charge in [0.15, 0.2) is 17.0 Å². The number of nitrogens with zero attached hydrogens (tertiary/aromatic N) is 4. The van der Waals surface area contributed by atoms with Crippen LogP contribution < -0.4 is 10.6 Å². The van der Waals surface area contributed by atoms with Gasteiger partial charge in [0.05, 0.1) is 18.5 Å². The standard InChI is InChI=1S/C23H34N6O2/c1-6-17(7-2)29-13-25-20-21(24-12-16-11-14(4)9-10-19(16)31)27-23(28-22(20)29)26-18(8-3)15(5)30/h9-11,13,15,17-18,30-31H,6-8,12H2,1-5H3,(H2,24,26,27,28). The van der Waals surface area contributed by atoms with Crippen molar-refractivity contribution in [3.05, 3.63) is 35.7 Å². The van der Waals surface area contributed by atoms with Crippen LogP contribution in [0.2, 0.25) is 0 Å². The smallest absolute Gasteiger partial charge is 0.227 e. The van der Waals surface area contributed by atoms with Crippen molar-refractivity contribution in [3.63, 3.8) is 0 Å². The number of aryl methyl sites for hydroxylation is 1. The molecule has 2 unspecified atom stereocenters. The third-order valence-corrected chi connectivity index (χ3v) is 5.78. The van der Waals surface area contributed by atoms with Crippen LogP contribution in [-0.2, 0) is 6.54 Å². The van der Waals surface area contributed by atoms with Gasteiger partial charge in [-0.2, -0.15) is 9.97 Å². The second kappa shape index (κ2) is 9.96. The molecule has 31 heavy (non-hydrogen) atoms. The molecule has 2 atom stereocenters. The lowest BCUT2D eigenvalue weighted by Crippen LogP contribution is -2.31. The molecule has 4 N–H and O–H groups in total. The lowest BCUT2D eigenvalue weighted by atomic mass is 10.1. The number of anilines is 2. The van der Waals surface area contributed by atoms with Crippen LogP contribution in [0.25, 0.3) is 11.2 Å². The number of benzene rings is 1. The summed E-state index contributed by atoms with van der Waals surface area (Å²) in [6.45, 7) is 10.5. The Bertz CT molecular complexity index is 1010. The molecule has 0 saturated heterocycles. The van der Waals surface area contributed by atoms with E-state index in [1.54, 1.807) is 13.0 Å². The van der Waals surface area contributed by atoms with Crippen molar-refractivity contribution in [3.8, 4) is 5.75 Å². The lowest BCUT2D eigenvalue weighted by Gasteiger charge is -2.21. The summed E-state index contributed by atoms with van der Waals surface area (Å²) < 4.78 is 2.10. The Hall–Kier alpha value is -2.87. The number of nitrogens with one attached hydrogen (secondary N) is 2. The van der Waals surface area contributed by atoms with Crippen LogP contribution in [-0.4, -0.2) is 41.9 Å². The van der Waals surface area contributed by atoms with Gasteiger partial charge in [-0.05, 0) is 39.2 Å². The largest absolute Gasteiger partial charge is 0.508 e. The van der Waals surface area contributed by atoms with E-state index in [1.165, 1.54) is 0 Å². The van der Waals surface area contributed by atoms with E-state index in [1.807, 2.05) is 32.3 Å². The molecule has 0 aliphatic heterocycles. The monoisotopic (exact) mass is 426 g/mol. The van der Waals surface area contributed by atoms with Gasteiger partial charge < -0.3 is 25.4 Å². The summed E-state index contributed by atoms with van der Waals surface area (Å²) in [6.07, 6.45) is 3.97. The van der Waals surface area contributed by atoms with Crippen molar-refractivity contribution in [2.75, 3.05) is 10.6 Å². The first-order chi connectivity index (χ1) is 14.9. The quantitative estimate of drug-likeness (QED) is 0.381. The highest BCUT2D eigenvalue weighted by Crippen LogP contribution is 2.28. The van der Waals surface area contributed by atoms with Gasteiger partial charge in [-0.3, -0.25) is 0 Å².